The SMILES string of the molecule is CCOC(=O)Cc1cn(Cc2ccccc2)c2ccc(F)cc12. The minimum atomic E-state index is -0.305. The van der Waals surface area contributed by atoms with Gasteiger partial charge in [-0.25, -0.2) is 4.39 Å². The van der Waals surface area contributed by atoms with Gasteiger partial charge in [-0.05, 0) is 36.2 Å². The van der Waals surface area contributed by atoms with Gasteiger partial charge in [0.25, 0.3) is 0 Å². The highest BCUT2D eigenvalue weighted by Gasteiger charge is 2.13. The minimum absolute atomic E-state index is 0.148. The Labute approximate surface area is 134 Å². The number of esters is 1. The number of hydrogen-bond donors (Lipinski definition) is 0. The zero-order chi connectivity index (χ0) is 16.2. The van der Waals surface area contributed by atoms with Crippen molar-refractivity contribution in [1.29, 1.82) is 0 Å². The van der Waals surface area contributed by atoms with Gasteiger partial charge < -0.3 is 9.30 Å². The van der Waals surface area contributed by atoms with Crippen LogP contribution in [0.25, 0.3) is 10.9 Å². The molecule has 23 heavy (non-hydrogen) atoms. The molecule has 3 rings (SSSR count). The van der Waals surface area contributed by atoms with Crippen LogP contribution in [0, 0.1) is 5.82 Å². The molecule has 0 bridgehead atoms. The Morgan fingerprint density at radius 1 is 1.17 bits per heavy atom. The smallest absolute Gasteiger partial charge is 0.310 e. The molecule has 0 aliphatic rings. The Bertz CT molecular complexity index is 824. The maximum Gasteiger partial charge on any atom is 0.310 e. The molecule has 0 fully saturated rings. The summed E-state index contributed by atoms with van der Waals surface area (Å²) in [6.45, 7) is 2.79. The molecule has 0 radical (unpaired) electrons. The van der Waals surface area contributed by atoms with Crippen LogP contribution in [0.5, 0.6) is 0 Å². The molecule has 3 aromatic rings. The molecule has 1 aromatic heterocycles. The predicted molar refractivity (Wildman–Crippen MR) is 87.8 cm³/mol. The molecule has 0 aliphatic carbocycles. The molecule has 118 valence electrons. The van der Waals surface area contributed by atoms with Gasteiger partial charge in [-0.15, -0.1) is 0 Å². The summed E-state index contributed by atoms with van der Waals surface area (Å²) in [4.78, 5) is 11.8. The summed E-state index contributed by atoms with van der Waals surface area (Å²) < 4.78 is 20.7. The number of ether oxygens (including phenoxy) is 1. The summed E-state index contributed by atoms with van der Waals surface area (Å²) in [6, 6.07) is 14.7. The van der Waals surface area contributed by atoms with E-state index in [4.69, 9.17) is 4.74 Å². The van der Waals surface area contributed by atoms with Crippen LogP contribution < -0.4 is 0 Å². The van der Waals surface area contributed by atoms with Crippen molar-refractivity contribution in [3.05, 3.63) is 71.7 Å². The van der Waals surface area contributed by atoms with Crippen LogP contribution in [0.15, 0.2) is 54.7 Å². The quantitative estimate of drug-likeness (QED) is 0.668. The van der Waals surface area contributed by atoms with Crippen molar-refractivity contribution in [2.24, 2.45) is 0 Å². The molecule has 0 aliphatic heterocycles. The fourth-order valence-electron chi connectivity index (χ4n) is 2.76. The number of carbonyl (C=O) groups is 1. The van der Waals surface area contributed by atoms with Crippen LogP contribution in [-0.4, -0.2) is 17.1 Å². The number of nitrogens with zero attached hydrogens (tertiary/aromatic N) is 1. The van der Waals surface area contributed by atoms with Gasteiger partial charge in [0.05, 0.1) is 13.0 Å². The van der Waals surface area contributed by atoms with Crippen molar-refractivity contribution in [3.63, 3.8) is 0 Å². The van der Waals surface area contributed by atoms with Crippen molar-refractivity contribution < 1.29 is 13.9 Å². The summed E-state index contributed by atoms with van der Waals surface area (Å²) in [7, 11) is 0. The van der Waals surface area contributed by atoms with Gasteiger partial charge in [-0.1, -0.05) is 30.3 Å². The first-order valence-electron chi connectivity index (χ1n) is 7.64. The zero-order valence-electron chi connectivity index (χ0n) is 13.0. The summed E-state index contributed by atoms with van der Waals surface area (Å²) >= 11 is 0. The number of benzene rings is 2. The molecule has 0 saturated heterocycles. The van der Waals surface area contributed by atoms with Crippen LogP contribution >= 0.6 is 0 Å². The largest absolute Gasteiger partial charge is 0.466 e. The van der Waals surface area contributed by atoms with Crippen LogP contribution in [0.2, 0.25) is 0 Å². The summed E-state index contributed by atoms with van der Waals surface area (Å²) in [6.07, 6.45) is 2.06. The van der Waals surface area contributed by atoms with Crippen molar-refractivity contribution in [2.75, 3.05) is 6.61 Å². The van der Waals surface area contributed by atoms with Gasteiger partial charge in [-0.3, -0.25) is 4.79 Å². The highest BCUT2D eigenvalue weighted by molar-refractivity contribution is 5.88. The maximum atomic E-state index is 13.6. The second-order valence-corrected chi connectivity index (χ2v) is 5.41. The first-order chi connectivity index (χ1) is 11.2. The van der Waals surface area contributed by atoms with Crippen molar-refractivity contribution in [2.45, 2.75) is 19.9 Å². The van der Waals surface area contributed by atoms with E-state index in [-0.39, 0.29) is 18.2 Å². The van der Waals surface area contributed by atoms with Crippen molar-refractivity contribution in [1.82, 2.24) is 4.57 Å². The molecule has 0 spiro atoms. The molecule has 0 atom stereocenters. The van der Waals surface area contributed by atoms with Gasteiger partial charge in [0, 0.05) is 23.6 Å². The Kier molecular flexibility index (Phi) is 4.42. The average molecular weight is 311 g/mol. The molecule has 0 N–H and O–H groups in total. The number of aromatic nitrogens is 1. The normalized spacial score (nSPS) is 10.9. The van der Waals surface area contributed by atoms with Gasteiger partial charge in [-0.2, -0.15) is 0 Å². The van der Waals surface area contributed by atoms with E-state index < -0.39 is 0 Å². The molecule has 1 heterocycles. The maximum absolute atomic E-state index is 13.6. The molecule has 3 nitrogen and oxygen atoms in total. The summed E-state index contributed by atoms with van der Waals surface area (Å²) in [5, 5.41) is 0.758. The molecular weight excluding hydrogens is 293 g/mol. The zero-order valence-corrected chi connectivity index (χ0v) is 13.0. The van der Waals surface area contributed by atoms with E-state index in [0.717, 1.165) is 22.0 Å². The fourth-order valence-corrected chi connectivity index (χ4v) is 2.76. The third-order valence-corrected chi connectivity index (χ3v) is 3.76. The van der Waals surface area contributed by atoms with E-state index in [2.05, 4.69) is 0 Å². The lowest BCUT2D eigenvalue weighted by Gasteiger charge is -2.05. The van der Waals surface area contributed by atoms with E-state index in [1.54, 1.807) is 13.0 Å². The number of rotatable bonds is 5. The van der Waals surface area contributed by atoms with Gasteiger partial charge >= 0.3 is 5.97 Å². The Morgan fingerprint density at radius 2 is 1.96 bits per heavy atom. The molecule has 0 amide bonds. The van der Waals surface area contributed by atoms with Crippen LogP contribution in [0.1, 0.15) is 18.1 Å². The van der Waals surface area contributed by atoms with Crippen LogP contribution in [0.4, 0.5) is 4.39 Å². The number of hydrogen-bond acceptors (Lipinski definition) is 2. The highest BCUT2D eigenvalue weighted by Crippen LogP contribution is 2.24. The van der Waals surface area contributed by atoms with Crippen LogP contribution in [0.3, 0.4) is 0 Å². The molecule has 2 aromatic carbocycles. The highest BCUT2D eigenvalue weighted by atomic mass is 19.1. The fraction of sp³-hybridized carbons (Fsp3) is 0.211. The second kappa shape index (κ2) is 6.65. The number of fused-ring (bicyclic) bond motifs is 1. The lowest BCUT2D eigenvalue weighted by Crippen LogP contribution is -2.07. The van der Waals surface area contributed by atoms with E-state index >= 15 is 0 Å². The third-order valence-electron chi connectivity index (χ3n) is 3.76. The second-order valence-electron chi connectivity index (χ2n) is 5.41. The van der Waals surface area contributed by atoms with Crippen molar-refractivity contribution in [3.8, 4) is 0 Å². The Balaban J connectivity index is 1.99. The van der Waals surface area contributed by atoms with E-state index in [9.17, 15) is 9.18 Å². The minimum Gasteiger partial charge on any atom is -0.466 e. The third kappa shape index (κ3) is 3.42. The van der Waals surface area contributed by atoms with Gasteiger partial charge in [0.1, 0.15) is 5.82 Å². The first-order valence-corrected chi connectivity index (χ1v) is 7.64. The molecule has 4 heteroatoms. The van der Waals surface area contributed by atoms with E-state index in [1.165, 1.54) is 12.1 Å². The number of carbonyl (C=O) groups excluding carboxylic acids is 1. The van der Waals surface area contributed by atoms with Gasteiger partial charge in [0.15, 0.2) is 0 Å². The van der Waals surface area contributed by atoms with E-state index in [1.807, 2.05) is 41.1 Å². The first kappa shape index (κ1) is 15.3. The molecule has 0 saturated carbocycles. The topological polar surface area (TPSA) is 31.2 Å². The Morgan fingerprint density at radius 3 is 2.70 bits per heavy atom. The average Bonchev–Trinajstić information content (AvgIpc) is 2.85. The summed E-state index contributed by atoms with van der Waals surface area (Å²) in [5.41, 5.74) is 2.85. The standard InChI is InChI=1S/C19H18FNO2/c1-2-23-19(22)10-15-13-21(12-14-6-4-3-5-7-14)18-9-8-16(20)11-17(15)18/h3-9,11,13H,2,10,12H2,1H3. The lowest BCUT2D eigenvalue weighted by atomic mass is 10.1. The summed E-state index contributed by atoms with van der Waals surface area (Å²) in [5.74, 6) is -0.601. The van der Waals surface area contributed by atoms with Gasteiger partial charge in [0.2, 0.25) is 0 Å². The van der Waals surface area contributed by atoms with Crippen molar-refractivity contribution >= 4 is 16.9 Å². The lowest BCUT2D eigenvalue weighted by molar-refractivity contribution is -0.142. The van der Waals surface area contributed by atoms with Crippen LogP contribution in [-0.2, 0) is 22.5 Å². The Hall–Kier alpha value is -2.62. The number of halogens is 1. The van der Waals surface area contributed by atoms with E-state index in [0.29, 0.717) is 13.2 Å². The monoisotopic (exact) mass is 311 g/mol. The molecule has 0 unspecified atom stereocenters. The predicted octanol–water partition coefficient (Wildman–Crippen LogP) is 3.93. The molecular formula is C19H18FNO2.